The van der Waals surface area contributed by atoms with E-state index in [2.05, 4.69) is 0 Å². The van der Waals surface area contributed by atoms with E-state index in [0.29, 0.717) is 22.1 Å². The average molecular weight is 314 g/mol. The van der Waals surface area contributed by atoms with Gasteiger partial charge in [0.15, 0.2) is 11.5 Å². The molecule has 1 fully saturated rings. The normalized spacial score (nSPS) is 16.7. The molecule has 0 heterocycles. The molecule has 1 aliphatic carbocycles. The van der Waals surface area contributed by atoms with Gasteiger partial charge in [-0.15, -0.1) is 0 Å². The number of rotatable bonds is 6. The summed E-state index contributed by atoms with van der Waals surface area (Å²) in [6.07, 6.45) is 4.57. The molecule has 1 unspecified atom stereocenters. The monoisotopic (exact) mass is 313 g/mol. The van der Waals surface area contributed by atoms with Gasteiger partial charge in [-0.1, -0.05) is 11.6 Å². The van der Waals surface area contributed by atoms with E-state index in [4.69, 9.17) is 31.9 Å². The molecule has 1 aromatic carbocycles. The van der Waals surface area contributed by atoms with Gasteiger partial charge >= 0.3 is 5.97 Å². The Morgan fingerprint density at radius 1 is 1.48 bits per heavy atom. The number of ether oxygens (including phenoxy) is 2. The van der Waals surface area contributed by atoms with Gasteiger partial charge in [0.05, 0.1) is 13.2 Å². The molecule has 0 aromatic heterocycles. The van der Waals surface area contributed by atoms with E-state index in [0.717, 1.165) is 25.7 Å². The average Bonchev–Trinajstić information content (AvgIpc) is 2.94. The van der Waals surface area contributed by atoms with Gasteiger partial charge in [0.2, 0.25) is 0 Å². The van der Waals surface area contributed by atoms with E-state index in [-0.39, 0.29) is 12.5 Å². The van der Waals surface area contributed by atoms with Crippen LogP contribution in [0.2, 0.25) is 5.02 Å². The topological polar surface area (TPSA) is 81.8 Å². The first-order valence-corrected chi connectivity index (χ1v) is 7.40. The van der Waals surface area contributed by atoms with Gasteiger partial charge in [0, 0.05) is 23.1 Å². The Hall–Kier alpha value is -1.46. The maximum absolute atomic E-state index is 11.0. The van der Waals surface area contributed by atoms with Crippen molar-refractivity contribution in [2.45, 2.75) is 44.2 Å². The molecule has 1 atom stereocenters. The minimum absolute atomic E-state index is 0.139. The highest BCUT2D eigenvalue weighted by Gasteiger charge is 2.23. The predicted octanol–water partition coefficient (Wildman–Crippen LogP) is 2.62. The van der Waals surface area contributed by atoms with Crippen LogP contribution >= 0.6 is 11.6 Å². The van der Waals surface area contributed by atoms with Crippen LogP contribution < -0.4 is 15.2 Å². The summed E-state index contributed by atoms with van der Waals surface area (Å²) in [6, 6.07) is 2.36. The van der Waals surface area contributed by atoms with E-state index < -0.39 is 12.0 Å². The van der Waals surface area contributed by atoms with E-state index in [1.807, 2.05) is 0 Å². The van der Waals surface area contributed by atoms with Crippen molar-refractivity contribution in [3.63, 3.8) is 0 Å². The molecular weight excluding hydrogens is 294 g/mol. The lowest BCUT2D eigenvalue weighted by atomic mass is 10.0. The number of benzene rings is 1. The number of hydrogen-bond acceptors (Lipinski definition) is 4. The lowest BCUT2D eigenvalue weighted by Crippen LogP contribution is -2.32. The number of halogens is 1. The zero-order valence-electron chi connectivity index (χ0n) is 12.0. The first kappa shape index (κ1) is 15.9. The molecule has 1 aromatic rings. The van der Waals surface area contributed by atoms with Crippen LogP contribution in [-0.4, -0.2) is 30.3 Å². The van der Waals surface area contributed by atoms with E-state index in [9.17, 15) is 4.79 Å². The fourth-order valence-corrected chi connectivity index (χ4v) is 2.79. The summed E-state index contributed by atoms with van der Waals surface area (Å²) in [5.74, 6) is 0.0215. The van der Waals surface area contributed by atoms with Crippen LogP contribution in [0, 0.1) is 0 Å². The summed E-state index contributed by atoms with van der Waals surface area (Å²) in [6.45, 7) is 0. The Morgan fingerprint density at radius 2 is 2.14 bits per heavy atom. The Labute approximate surface area is 129 Å². The molecule has 1 saturated carbocycles. The third kappa shape index (κ3) is 4.02. The number of carboxylic acids is 1. The van der Waals surface area contributed by atoms with Crippen LogP contribution in [0.5, 0.6) is 11.5 Å². The lowest BCUT2D eigenvalue weighted by Gasteiger charge is -2.20. The van der Waals surface area contributed by atoms with Crippen molar-refractivity contribution < 1.29 is 19.4 Å². The standard InChI is InChI=1S/C15H20ClNO4/c1-20-13-8-10(16)6-9(7-12(17)15(18)19)14(13)21-11-4-2-3-5-11/h6,8,11-12H,2-5,7,17H2,1H3,(H,18,19). The first-order chi connectivity index (χ1) is 10.0. The van der Waals surface area contributed by atoms with Gasteiger partial charge in [0.25, 0.3) is 0 Å². The Bertz CT molecular complexity index is 515. The van der Waals surface area contributed by atoms with Crippen molar-refractivity contribution in [2.24, 2.45) is 5.73 Å². The second kappa shape index (κ2) is 7.00. The second-order valence-corrected chi connectivity index (χ2v) is 5.71. The Balaban J connectivity index is 2.30. The smallest absolute Gasteiger partial charge is 0.320 e. The van der Waals surface area contributed by atoms with Crippen LogP contribution in [0.15, 0.2) is 12.1 Å². The molecule has 0 spiro atoms. The zero-order chi connectivity index (χ0) is 15.4. The zero-order valence-corrected chi connectivity index (χ0v) is 12.7. The van der Waals surface area contributed by atoms with Crippen molar-refractivity contribution in [1.82, 2.24) is 0 Å². The van der Waals surface area contributed by atoms with Gasteiger partial charge in [-0.05, 0) is 31.7 Å². The Kier molecular flexibility index (Phi) is 5.31. The number of hydrogen-bond donors (Lipinski definition) is 2. The van der Waals surface area contributed by atoms with Crippen LogP contribution in [0.3, 0.4) is 0 Å². The quantitative estimate of drug-likeness (QED) is 0.843. The minimum Gasteiger partial charge on any atom is -0.493 e. The summed E-state index contributed by atoms with van der Waals surface area (Å²) in [5, 5.41) is 9.45. The highest BCUT2D eigenvalue weighted by molar-refractivity contribution is 6.30. The van der Waals surface area contributed by atoms with Gasteiger partial charge in [-0.3, -0.25) is 4.79 Å². The van der Waals surface area contributed by atoms with Crippen molar-refractivity contribution in [2.75, 3.05) is 7.11 Å². The van der Waals surface area contributed by atoms with Crippen LogP contribution in [0.4, 0.5) is 0 Å². The molecule has 0 saturated heterocycles. The maximum atomic E-state index is 11.0. The molecule has 21 heavy (non-hydrogen) atoms. The fraction of sp³-hybridized carbons (Fsp3) is 0.533. The van der Waals surface area contributed by atoms with Crippen molar-refractivity contribution in [1.29, 1.82) is 0 Å². The summed E-state index contributed by atoms with van der Waals surface area (Å²) >= 11 is 6.06. The highest BCUT2D eigenvalue weighted by atomic mass is 35.5. The fourth-order valence-electron chi connectivity index (χ4n) is 2.56. The summed E-state index contributed by atoms with van der Waals surface area (Å²) in [5.41, 5.74) is 6.30. The molecular formula is C15H20ClNO4. The van der Waals surface area contributed by atoms with E-state index in [1.165, 1.54) is 7.11 Å². The maximum Gasteiger partial charge on any atom is 0.320 e. The van der Waals surface area contributed by atoms with Gasteiger partial charge in [-0.25, -0.2) is 0 Å². The summed E-state index contributed by atoms with van der Waals surface area (Å²) in [4.78, 5) is 11.0. The van der Waals surface area contributed by atoms with Crippen LogP contribution in [-0.2, 0) is 11.2 Å². The highest BCUT2D eigenvalue weighted by Crippen LogP contribution is 2.38. The number of carbonyl (C=O) groups is 1. The predicted molar refractivity (Wildman–Crippen MR) is 80.2 cm³/mol. The molecule has 0 aliphatic heterocycles. The minimum atomic E-state index is -1.05. The third-order valence-electron chi connectivity index (χ3n) is 3.66. The van der Waals surface area contributed by atoms with Crippen LogP contribution in [0.25, 0.3) is 0 Å². The van der Waals surface area contributed by atoms with E-state index in [1.54, 1.807) is 12.1 Å². The van der Waals surface area contributed by atoms with Gasteiger partial charge in [-0.2, -0.15) is 0 Å². The second-order valence-electron chi connectivity index (χ2n) is 5.27. The molecule has 3 N–H and O–H groups in total. The molecule has 2 rings (SSSR count). The molecule has 6 heteroatoms. The summed E-state index contributed by atoms with van der Waals surface area (Å²) in [7, 11) is 1.54. The lowest BCUT2D eigenvalue weighted by molar-refractivity contribution is -0.138. The number of aliphatic carboxylic acids is 1. The molecule has 1 aliphatic rings. The van der Waals surface area contributed by atoms with E-state index >= 15 is 0 Å². The third-order valence-corrected chi connectivity index (χ3v) is 3.88. The molecule has 5 nitrogen and oxygen atoms in total. The SMILES string of the molecule is COc1cc(Cl)cc(CC(N)C(=O)O)c1OC1CCCC1. The Morgan fingerprint density at radius 3 is 2.71 bits per heavy atom. The molecule has 0 bridgehead atoms. The summed E-state index contributed by atoms with van der Waals surface area (Å²) < 4.78 is 11.4. The van der Waals surface area contributed by atoms with Gasteiger partial charge < -0.3 is 20.3 Å². The van der Waals surface area contributed by atoms with Crippen molar-refractivity contribution in [3.8, 4) is 11.5 Å². The molecule has 116 valence electrons. The molecule has 0 radical (unpaired) electrons. The van der Waals surface area contributed by atoms with Crippen molar-refractivity contribution in [3.05, 3.63) is 22.7 Å². The number of carboxylic acid groups (broad SMARTS) is 1. The van der Waals surface area contributed by atoms with Gasteiger partial charge in [0.1, 0.15) is 6.04 Å². The first-order valence-electron chi connectivity index (χ1n) is 7.02. The number of methoxy groups -OCH3 is 1. The van der Waals surface area contributed by atoms with Crippen LogP contribution in [0.1, 0.15) is 31.2 Å². The molecule has 0 amide bonds. The van der Waals surface area contributed by atoms with Crippen molar-refractivity contribution >= 4 is 17.6 Å². The number of nitrogens with two attached hydrogens (primary N) is 1. The largest absolute Gasteiger partial charge is 0.493 e.